The second-order valence-corrected chi connectivity index (χ2v) is 9.11. The van der Waals surface area contributed by atoms with Crippen LogP contribution in [0.25, 0.3) is 5.69 Å². The molecule has 2 unspecified atom stereocenters. The van der Waals surface area contributed by atoms with E-state index in [1.165, 1.54) is 0 Å². The number of hydrogen-bond acceptors (Lipinski definition) is 2. The summed E-state index contributed by atoms with van der Waals surface area (Å²) < 4.78 is 7.79. The third kappa shape index (κ3) is 4.22. The third-order valence-corrected chi connectivity index (χ3v) is 6.72. The van der Waals surface area contributed by atoms with E-state index in [1.807, 2.05) is 62.5 Å². The van der Waals surface area contributed by atoms with Crippen LogP contribution in [-0.2, 0) is 4.79 Å². The average Bonchev–Trinajstić information content (AvgIpc) is 3.21. The lowest BCUT2D eigenvalue weighted by Crippen LogP contribution is -2.30. The van der Waals surface area contributed by atoms with Crippen molar-refractivity contribution in [2.24, 2.45) is 5.41 Å². The van der Waals surface area contributed by atoms with Crippen LogP contribution in [0.5, 0.6) is 5.75 Å². The summed E-state index contributed by atoms with van der Waals surface area (Å²) in [5, 5.41) is 10.4. The summed E-state index contributed by atoms with van der Waals surface area (Å²) in [6, 6.07) is 16.0. The van der Waals surface area contributed by atoms with Crippen molar-refractivity contribution in [1.82, 2.24) is 4.57 Å². The third-order valence-electron chi connectivity index (χ3n) is 6.49. The van der Waals surface area contributed by atoms with Gasteiger partial charge in [-0.2, -0.15) is 0 Å². The van der Waals surface area contributed by atoms with E-state index >= 15 is 0 Å². The largest absolute Gasteiger partial charge is 0.496 e. The first-order chi connectivity index (χ1) is 14.6. The molecule has 31 heavy (non-hydrogen) atoms. The van der Waals surface area contributed by atoms with Gasteiger partial charge in [0.25, 0.3) is 0 Å². The summed E-state index contributed by atoms with van der Waals surface area (Å²) in [6.07, 6.45) is 1.98. The fourth-order valence-corrected chi connectivity index (χ4v) is 4.26. The molecule has 0 amide bonds. The number of aryl methyl sites for hydroxylation is 1. The number of para-hydroxylation sites is 1. The zero-order valence-corrected chi connectivity index (χ0v) is 19.7. The predicted molar refractivity (Wildman–Crippen MR) is 126 cm³/mol. The highest BCUT2D eigenvalue weighted by atomic mass is 35.5. The van der Waals surface area contributed by atoms with Crippen molar-refractivity contribution < 1.29 is 14.6 Å². The smallest absolute Gasteiger partial charge is 0.309 e. The molecule has 1 aromatic heterocycles. The summed E-state index contributed by atoms with van der Waals surface area (Å²) in [5.74, 6) is -0.134. The molecule has 0 bridgehead atoms. The summed E-state index contributed by atoms with van der Waals surface area (Å²) in [4.78, 5) is 11.9. The molecule has 1 N–H and O–H groups in total. The summed E-state index contributed by atoms with van der Waals surface area (Å²) >= 11 is 6.41. The molecular formula is C26H30ClNO3. The van der Waals surface area contributed by atoms with Crippen LogP contribution >= 0.6 is 11.6 Å². The molecule has 0 spiro atoms. The lowest BCUT2D eigenvalue weighted by atomic mass is 9.78. The molecule has 3 aromatic rings. The maximum absolute atomic E-state index is 11.9. The van der Waals surface area contributed by atoms with E-state index in [4.69, 9.17) is 16.3 Å². The topological polar surface area (TPSA) is 51.5 Å². The first-order valence-corrected chi connectivity index (χ1v) is 10.8. The van der Waals surface area contributed by atoms with Gasteiger partial charge in [0.05, 0.1) is 12.5 Å². The van der Waals surface area contributed by atoms with E-state index in [2.05, 4.69) is 17.6 Å². The molecule has 3 rings (SSSR count). The Labute approximate surface area is 189 Å². The number of carbonyl (C=O) groups is 1. The molecule has 5 heteroatoms. The van der Waals surface area contributed by atoms with E-state index in [1.54, 1.807) is 21.0 Å². The molecular weight excluding hydrogens is 410 g/mol. The number of nitrogens with zero attached hydrogens (tertiary/aromatic N) is 1. The number of methoxy groups -OCH3 is 1. The monoisotopic (exact) mass is 439 g/mol. The average molecular weight is 440 g/mol. The molecule has 0 saturated heterocycles. The number of benzene rings is 2. The first-order valence-electron chi connectivity index (χ1n) is 10.4. The van der Waals surface area contributed by atoms with Crippen molar-refractivity contribution in [3.05, 3.63) is 82.1 Å². The number of aromatic nitrogens is 1. The molecule has 0 aliphatic rings. The zero-order valence-electron chi connectivity index (χ0n) is 18.9. The summed E-state index contributed by atoms with van der Waals surface area (Å²) in [6.45, 7) is 9.66. The van der Waals surface area contributed by atoms with Crippen LogP contribution in [0.15, 0.2) is 54.7 Å². The van der Waals surface area contributed by atoms with Gasteiger partial charge in [-0.15, -0.1) is 0 Å². The number of carboxylic acids is 1. The molecule has 0 aliphatic carbocycles. The van der Waals surface area contributed by atoms with Gasteiger partial charge < -0.3 is 14.4 Å². The lowest BCUT2D eigenvalue weighted by molar-refractivity contribution is -0.148. The second-order valence-electron chi connectivity index (χ2n) is 8.67. The molecule has 0 fully saturated rings. The Hall–Kier alpha value is -2.72. The normalized spacial score (nSPS) is 13.6. The minimum Gasteiger partial charge on any atom is -0.496 e. The molecule has 164 valence electrons. The van der Waals surface area contributed by atoms with Gasteiger partial charge >= 0.3 is 5.97 Å². The Morgan fingerprint density at radius 2 is 1.81 bits per heavy atom. The van der Waals surface area contributed by atoms with Crippen molar-refractivity contribution in [2.75, 3.05) is 7.11 Å². The number of rotatable bonds is 7. The van der Waals surface area contributed by atoms with Crippen LogP contribution in [0.1, 0.15) is 61.9 Å². The predicted octanol–water partition coefficient (Wildman–Crippen LogP) is 6.81. The first kappa shape index (κ1) is 23.0. The van der Waals surface area contributed by atoms with Gasteiger partial charge in [-0.3, -0.25) is 4.79 Å². The number of carboxylic acid groups (broad SMARTS) is 1. The van der Waals surface area contributed by atoms with Crippen LogP contribution in [0.3, 0.4) is 0 Å². The van der Waals surface area contributed by atoms with Gasteiger partial charge in [0.2, 0.25) is 0 Å². The SMILES string of the molecule is COc1c(C)cccc1C(C)c1cc(Cl)ccc1-n1cccc1C(C)C(C)(C)C(=O)O. The number of aliphatic carboxylic acids is 1. The van der Waals surface area contributed by atoms with Crippen LogP contribution < -0.4 is 4.74 Å². The van der Waals surface area contributed by atoms with Crippen molar-refractivity contribution in [3.63, 3.8) is 0 Å². The van der Waals surface area contributed by atoms with E-state index < -0.39 is 11.4 Å². The Balaban J connectivity index is 2.17. The van der Waals surface area contributed by atoms with Gasteiger partial charge in [0.1, 0.15) is 5.75 Å². The van der Waals surface area contributed by atoms with Gasteiger partial charge in [-0.25, -0.2) is 0 Å². The van der Waals surface area contributed by atoms with Gasteiger partial charge in [-0.05, 0) is 62.2 Å². The van der Waals surface area contributed by atoms with Crippen molar-refractivity contribution in [3.8, 4) is 11.4 Å². The molecule has 1 heterocycles. The van der Waals surface area contributed by atoms with E-state index in [0.717, 1.165) is 33.8 Å². The van der Waals surface area contributed by atoms with Crippen LogP contribution in [0, 0.1) is 12.3 Å². The minimum atomic E-state index is -0.909. The van der Waals surface area contributed by atoms with Gasteiger partial charge in [-0.1, -0.05) is 43.6 Å². The minimum absolute atomic E-state index is 0.0154. The number of halogens is 1. The highest BCUT2D eigenvalue weighted by Crippen LogP contribution is 2.40. The van der Waals surface area contributed by atoms with Crippen molar-refractivity contribution in [2.45, 2.75) is 46.5 Å². The molecule has 0 radical (unpaired) electrons. The molecule has 0 saturated carbocycles. The molecule has 0 aliphatic heterocycles. The number of ether oxygens (including phenoxy) is 1. The van der Waals surface area contributed by atoms with E-state index in [0.29, 0.717) is 5.02 Å². The van der Waals surface area contributed by atoms with Crippen molar-refractivity contribution in [1.29, 1.82) is 0 Å². The van der Waals surface area contributed by atoms with Crippen LogP contribution in [0.4, 0.5) is 0 Å². The Morgan fingerprint density at radius 1 is 1.10 bits per heavy atom. The molecule has 2 aromatic carbocycles. The van der Waals surface area contributed by atoms with Crippen molar-refractivity contribution >= 4 is 17.6 Å². The Bertz CT molecular complexity index is 1100. The zero-order chi connectivity index (χ0) is 22.9. The van der Waals surface area contributed by atoms with E-state index in [9.17, 15) is 9.90 Å². The summed E-state index contributed by atoms with van der Waals surface area (Å²) in [7, 11) is 1.69. The quantitative estimate of drug-likeness (QED) is 0.439. The second kappa shape index (κ2) is 8.80. The fraction of sp³-hybridized carbons (Fsp3) is 0.346. The maximum Gasteiger partial charge on any atom is 0.309 e. The van der Waals surface area contributed by atoms with Crippen LogP contribution in [-0.4, -0.2) is 22.8 Å². The lowest BCUT2D eigenvalue weighted by Gasteiger charge is -2.29. The maximum atomic E-state index is 11.9. The highest BCUT2D eigenvalue weighted by Gasteiger charge is 2.36. The highest BCUT2D eigenvalue weighted by molar-refractivity contribution is 6.30. The van der Waals surface area contributed by atoms with E-state index in [-0.39, 0.29) is 11.8 Å². The summed E-state index contributed by atoms with van der Waals surface area (Å²) in [5.41, 5.74) is 4.23. The fourth-order valence-electron chi connectivity index (χ4n) is 4.08. The Morgan fingerprint density at radius 3 is 2.45 bits per heavy atom. The van der Waals surface area contributed by atoms with Gasteiger partial charge in [0, 0.05) is 40.0 Å². The number of hydrogen-bond donors (Lipinski definition) is 1. The Kier molecular flexibility index (Phi) is 6.51. The molecule has 2 atom stereocenters. The van der Waals surface area contributed by atoms with Crippen LogP contribution in [0.2, 0.25) is 5.02 Å². The standard InChI is InChI=1S/C26H30ClNO3/c1-16-9-7-10-20(24(16)31-6)17(2)21-15-19(27)12-13-23(21)28-14-8-11-22(28)18(3)26(4,5)25(29)30/h7-15,17-18H,1-6H3,(H,29,30). The molecule has 4 nitrogen and oxygen atoms in total. The van der Waals surface area contributed by atoms with Gasteiger partial charge in [0.15, 0.2) is 0 Å².